The smallest absolute Gasteiger partial charge is 0.222 e. The number of fused-ring (bicyclic) bond motifs is 4. The second kappa shape index (κ2) is 3.17. The molecule has 80 valence electrons. The molecule has 1 N–H and O–H groups in total. The summed E-state index contributed by atoms with van der Waals surface area (Å²) < 4.78 is 0. The highest BCUT2D eigenvalue weighted by Gasteiger charge is 2.38. The first-order valence-electron chi connectivity index (χ1n) is 5.55. The molecule has 0 spiro atoms. The van der Waals surface area contributed by atoms with Gasteiger partial charge in [0.15, 0.2) is 0 Å². The molecular formula is C11H16N4. The minimum atomic E-state index is 0.560. The third-order valence-electron chi connectivity index (χ3n) is 3.75. The molecule has 0 amide bonds. The van der Waals surface area contributed by atoms with Crippen LogP contribution in [0.25, 0.3) is 0 Å². The molecule has 0 aliphatic carbocycles. The van der Waals surface area contributed by atoms with Gasteiger partial charge in [-0.3, -0.25) is 4.90 Å². The topological polar surface area (TPSA) is 41.1 Å². The number of hydrogen-bond acceptors (Lipinski definition) is 4. The molecule has 2 bridgehead atoms. The zero-order valence-electron chi connectivity index (χ0n) is 9.20. The van der Waals surface area contributed by atoms with E-state index >= 15 is 0 Å². The lowest BCUT2D eigenvalue weighted by Gasteiger charge is -2.32. The van der Waals surface area contributed by atoms with Gasteiger partial charge in [0, 0.05) is 37.3 Å². The maximum absolute atomic E-state index is 4.56. The molecule has 1 fully saturated rings. The zero-order valence-corrected chi connectivity index (χ0v) is 9.20. The summed E-state index contributed by atoms with van der Waals surface area (Å²) in [7, 11) is 4.09. The van der Waals surface area contributed by atoms with Gasteiger partial charge in [-0.05, 0) is 19.9 Å². The van der Waals surface area contributed by atoms with Crippen molar-refractivity contribution in [3.63, 3.8) is 0 Å². The van der Waals surface area contributed by atoms with Gasteiger partial charge >= 0.3 is 0 Å². The Morgan fingerprint density at radius 3 is 3.13 bits per heavy atom. The molecule has 2 aliphatic rings. The lowest BCUT2D eigenvalue weighted by atomic mass is 10.0. The minimum absolute atomic E-state index is 0.560. The molecule has 1 saturated heterocycles. The van der Waals surface area contributed by atoms with Crippen LogP contribution in [0.15, 0.2) is 6.20 Å². The van der Waals surface area contributed by atoms with Crippen LogP contribution < -0.4 is 5.32 Å². The fourth-order valence-electron chi connectivity index (χ4n) is 2.84. The van der Waals surface area contributed by atoms with E-state index in [1.165, 1.54) is 24.1 Å². The molecule has 0 saturated carbocycles. The maximum Gasteiger partial charge on any atom is 0.222 e. The van der Waals surface area contributed by atoms with Crippen molar-refractivity contribution >= 4 is 5.95 Å². The minimum Gasteiger partial charge on any atom is -0.357 e. The van der Waals surface area contributed by atoms with Crippen LogP contribution in [0, 0.1) is 0 Å². The number of aromatic nitrogens is 2. The summed E-state index contributed by atoms with van der Waals surface area (Å²) in [5.74, 6) is 0.748. The molecule has 4 heteroatoms. The first-order chi connectivity index (χ1) is 7.29. The molecule has 3 rings (SSSR count). The van der Waals surface area contributed by atoms with Crippen molar-refractivity contribution in [2.45, 2.75) is 31.3 Å². The molecule has 1 aromatic rings. The molecule has 15 heavy (non-hydrogen) atoms. The van der Waals surface area contributed by atoms with Crippen molar-refractivity contribution in [2.75, 3.05) is 19.4 Å². The van der Waals surface area contributed by atoms with Crippen molar-refractivity contribution < 1.29 is 0 Å². The lowest BCUT2D eigenvalue weighted by molar-refractivity contribution is 0.221. The monoisotopic (exact) mass is 204 g/mol. The zero-order chi connectivity index (χ0) is 10.4. The summed E-state index contributed by atoms with van der Waals surface area (Å²) in [6, 6.07) is 1.26. The van der Waals surface area contributed by atoms with Crippen molar-refractivity contribution in [3.8, 4) is 0 Å². The van der Waals surface area contributed by atoms with E-state index in [1.54, 1.807) is 0 Å². The Labute approximate surface area is 89.7 Å². The highest BCUT2D eigenvalue weighted by atomic mass is 15.2. The molecule has 0 aromatic carbocycles. The largest absolute Gasteiger partial charge is 0.357 e. The van der Waals surface area contributed by atoms with Crippen LogP contribution in [-0.2, 0) is 6.42 Å². The van der Waals surface area contributed by atoms with Gasteiger partial charge < -0.3 is 5.32 Å². The van der Waals surface area contributed by atoms with Gasteiger partial charge in [-0.1, -0.05) is 0 Å². The maximum atomic E-state index is 4.56. The Kier molecular flexibility index (Phi) is 1.92. The van der Waals surface area contributed by atoms with Gasteiger partial charge in [-0.25, -0.2) is 9.97 Å². The molecular weight excluding hydrogens is 188 g/mol. The van der Waals surface area contributed by atoms with Crippen LogP contribution in [0.4, 0.5) is 5.95 Å². The van der Waals surface area contributed by atoms with Crippen molar-refractivity contribution in [1.29, 1.82) is 0 Å². The quantitative estimate of drug-likeness (QED) is 0.746. The van der Waals surface area contributed by atoms with Gasteiger partial charge in [0.05, 0.1) is 5.69 Å². The van der Waals surface area contributed by atoms with Crippen LogP contribution in [0.1, 0.15) is 30.1 Å². The summed E-state index contributed by atoms with van der Waals surface area (Å²) in [4.78, 5) is 11.3. The highest BCUT2D eigenvalue weighted by molar-refractivity contribution is 5.34. The van der Waals surface area contributed by atoms with Gasteiger partial charge in [0.25, 0.3) is 0 Å². The van der Waals surface area contributed by atoms with E-state index in [0.29, 0.717) is 12.1 Å². The number of anilines is 1. The summed E-state index contributed by atoms with van der Waals surface area (Å²) in [6.45, 7) is 0. The summed E-state index contributed by atoms with van der Waals surface area (Å²) >= 11 is 0. The Hall–Kier alpha value is -1.16. The van der Waals surface area contributed by atoms with Gasteiger partial charge in [-0.2, -0.15) is 0 Å². The highest BCUT2D eigenvalue weighted by Crippen LogP contribution is 2.41. The first-order valence-corrected chi connectivity index (χ1v) is 5.55. The Morgan fingerprint density at radius 2 is 2.33 bits per heavy atom. The van der Waals surface area contributed by atoms with Crippen LogP contribution in [0.5, 0.6) is 0 Å². The summed E-state index contributed by atoms with van der Waals surface area (Å²) in [6.07, 6.45) is 5.64. The number of rotatable bonds is 1. The summed E-state index contributed by atoms with van der Waals surface area (Å²) in [5, 5.41) is 3.00. The molecule has 2 unspecified atom stereocenters. The number of nitrogens with zero attached hydrogens (tertiary/aromatic N) is 3. The fourth-order valence-corrected chi connectivity index (χ4v) is 2.84. The molecule has 3 heterocycles. The summed E-state index contributed by atoms with van der Waals surface area (Å²) in [5.41, 5.74) is 2.59. The Morgan fingerprint density at radius 1 is 1.47 bits per heavy atom. The second-order valence-electron chi connectivity index (χ2n) is 4.46. The SMILES string of the molecule is CNc1ncc2c(n1)CC1CCC2N1C. The number of hydrogen-bond donors (Lipinski definition) is 1. The van der Waals surface area contributed by atoms with E-state index in [-0.39, 0.29) is 0 Å². The fraction of sp³-hybridized carbons (Fsp3) is 0.636. The van der Waals surface area contributed by atoms with Crippen LogP contribution in [0.3, 0.4) is 0 Å². The van der Waals surface area contributed by atoms with Crippen molar-refractivity contribution in [1.82, 2.24) is 14.9 Å². The van der Waals surface area contributed by atoms with E-state index in [2.05, 4.69) is 27.2 Å². The van der Waals surface area contributed by atoms with Gasteiger partial charge in [0.1, 0.15) is 0 Å². The van der Waals surface area contributed by atoms with E-state index in [1.807, 2.05) is 13.2 Å². The molecule has 2 aliphatic heterocycles. The molecule has 1 aromatic heterocycles. The van der Waals surface area contributed by atoms with E-state index < -0.39 is 0 Å². The predicted molar refractivity (Wildman–Crippen MR) is 58.8 cm³/mol. The van der Waals surface area contributed by atoms with Crippen LogP contribution in [-0.4, -0.2) is 35.0 Å². The lowest BCUT2D eigenvalue weighted by Crippen LogP contribution is -2.34. The van der Waals surface area contributed by atoms with Crippen LogP contribution in [0.2, 0.25) is 0 Å². The standard InChI is InChI=1S/C11H16N4/c1-12-11-13-6-8-9(14-11)5-7-3-4-10(8)15(7)2/h6-7,10H,3-5H2,1-2H3,(H,12,13,14). The third kappa shape index (κ3) is 1.24. The van der Waals surface area contributed by atoms with Gasteiger partial charge in [-0.15, -0.1) is 0 Å². The second-order valence-corrected chi connectivity index (χ2v) is 4.46. The van der Waals surface area contributed by atoms with E-state index in [0.717, 1.165) is 12.4 Å². The Balaban J connectivity index is 2.05. The molecule has 0 radical (unpaired) electrons. The first kappa shape index (κ1) is 9.09. The number of likely N-dealkylation sites (N-methyl/N-ethyl adjacent to an activating group) is 1. The average molecular weight is 204 g/mol. The average Bonchev–Trinajstić information content (AvgIpc) is 2.52. The normalized spacial score (nSPS) is 28.9. The van der Waals surface area contributed by atoms with E-state index in [9.17, 15) is 0 Å². The molecule has 2 atom stereocenters. The van der Waals surface area contributed by atoms with Crippen molar-refractivity contribution in [3.05, 3.63) is 17.5 Å². The Bertz CT molecular complexity index is 390. The van der Waals surface area contributed by atoms with Crippen LogP contribution >= 0.6 is 0 Å². The third-order valence-corrected chi connectivity index (χ3v) is 3.75. The van der Waals surface area contributed by atoms with Crippen molar-refractivity contribution in [2.24, 2.45) is 0 Å². The number of nitrogens with one attached hydrogen (secondary N) is 1. The van der Waals surface area contributed by atoms with Gasteiger partial charge in [0.2, 0.25) is 5.95 Å². The predicted octanol–water partition coefficient (Wildman–Crippen LogP) is 1.21. The van der Waals surface area contributed by atoms with E-state index in [4.69, 9.17) is 0 Å². The molecule has 4 nitrogen and oxygen atoms in total.